The van der Waals surface area contributed by atoms with Crippen molar-refractivity contribution in [3.05, 3.63) is 62.5 Å². The van der Waals surface area contributed by atoms with Crippen molar-refractivity contribution in [2.24, 2.45) is 0 Å². The fourth-order valence-corrected chi connectivity index (χ4v) is 4.75. The van der Waals surface area contributed by atoms with E-state index in [0.717, 1.165) is 41.0 Å². The van der Waals surface area contributed by atoms with Crippen LogP contribution < -0.4 is 9.64 Å². The van der Waals surface area contributed by atoms with Gasteiger partial charge in [0.15, 0.2) is 0 Å². The molecule has 186 valence electrons. The molecule has 0 spiro atoms. The van der Waals surface area contributed by atoms with Gasteiger partial charge in [-0.2, -0.15) is 0 Å². The van der Waals surface area contributed by atoms with Gasteiger partial charge in [-0.15, -0.1) is 0 Å². The molecule has 2 aromatic rings. The third-order valence-corrected chi connectivity index (χ3v) is 6.77. The number of hydrogen-bond donors (Lipinski definition) is 0. The monoisotopic (exact) mass is 536 g/mol. The maximum Gasteiger partial charge on any atom is 0.326 e. The van der Waals surface area contributed by atoms with Crippen LogP contribution in [0.15, 0.2) is 41.3 Å². The van der Waals surface area contributed by atoms with E-state index in [1.165, 1.54) is 0 Å². The number of esters is 1. The summed E-state index contributed by atoms with van der Waals surface area (Å²) in [6, 6.07) is 10.8. The number of halogens is 2. The van der Waals surface area contributed by atoms with Crippen molar-refractivity contribution < 1.29 is 23.9 Å². The average molecular weight is 537 g/mol. The fourth-order valence-electron chi connectivity index (χ4n) is 3.46. The fraction of sp³-hybridized carbons (Fsp3) is 0.320. The zero-order valence-corrected chi connectivity index (χ0v) is 22.0. The number of ether oxygens (including phenoxy) is 2. The first-order valence-electron chi connectivity index (χ1n) is 11.1. The van der Waals surface area contributed by atoms with Crippen LogP contribution in [0.5, 0.6) is 5.75 Å². The van der Waals surface area contributed by atoms with Crippen LogP contribution in [0.4, 0.5) is 10.5 Å². The molecule has 1 aliphatic rings. The number of anilines is 1. The predicted molar refractivity (Wildman–Crippen MR) is 140 cm³/mol. The van der Waals surface area contributed by atoms with Gasteiger partial charge in [0.1, 0.15) is 18.9 Å². The second-order valence-corrected chi connectivity index (χ2v) is 9.33. The lowest BCUT2D eigenvalue weighted by Crippen LogP contribution is -2.34. The summed E-state index contributed by atoms with van der Waals surface area (Å²) in [6.45, 7) is 7.33. The van der Waals surface area contributed by atoms with E-state index in [4.69, 9.17) is 32.7 Å². The van der Waals surface area contributed by atoms with Crippen LogP contribution >= 0.6 is 35.0 Å². The Labute approximate surface area is 218 Å². The quantitative estimate of drug-likeness (QED) is 0.271. The SMILES string of the molecule is CCOC(=O)CN1C(=O)S/C(=C\c2ccc(N(CC)CC)cc2OCc2ccc(Cl)cc2Cl)C1=O. The normalized spacial score (nSPS) is 14.5. The number of benzene rings is 2. The average Bonchev–Trinajstić information content (AvgIpc) is 3.08. The minimum Gasteiger partial charge on any atom is -0.488 e. The number of imide groups is 1. The topological polar surface area (TPSA) is 76.2 Å². The molecule has 35 heavy (non-hydrogen) atoms. The highest BCUT2D eigenvalue weighted by atomic mass is 35.5. The van der Waals surface area contributed by atoms with Crippen LogP contribution in [-0.4, -0.2) is 48.3 Å². The number of hydrogen-bond acceptors (Lipinski definition) is 7. The Morgan fingerprint density at radius 1 is 1.09 bits per heavy atom. The Morgan fingerprint density at radius 3 is 2.49 bits per heavy atom. The van der Waals surface area contributed by atoms with Crippen LogP contribution in [-0.2, 0) is 20.9 Å². The first kappa shape index (κ1) is 26.9. The summed E-state index contributed by atoms with van der Waals surface area (Å²) in [5, 5.41) is 0.491. The van der Waals surface area contributed by atoms with Gasteiger partial charge in [-0.05, 0) is 62.9 Å². The standard InChI is InChI=1S/C25H26Cl2N2O5S/c1-4-28(5-2)19-10-8-16(21(13-19)34-15-17-7-9-18(26)12-20(17)27)11-22-24(31)29(25(32)35-22)14-23(30)33-6-3/h7-13H,4-6,14-15H2,1-3H3/b22-11-. The van der Waals surface area contributed by atoms with Crippen molar-refractivity contribution in [2.45, 2.75) is 27.4 Å². The van der Waals surface area contributed by atoms with Crippen LogP contribution in [0.25, 0.3) is 6.08 Å². The summed E-state index contributed by atoms with van der Waals surface area (Å²) in [7, 11) is 0. The summed E-state index contributed by atoms with van der Waals surface area (Å²) >= 11 is 13.1. The summed E-state index contributed by atoms with van der Waals surface area (Å²) in [6.07, 6.45) is 1.60. The van der Waals surface area contributed by atoms with Crippen LogP contribution in [0.1, 0.15) is 31.9 Å². The third-order valence-electron chi connectivity index (χ3n) is 5.28. The van der Waals surface area contributed by atoms with E-state index < -0.39 is 23.7 Å². The smallest absolute Gasteiger partial charge is 0.326 e. The number of carbonyl (C=O) groups excluding carboxylic acids is 3. The van der Waals surface area contributed by atoms with Crippen molar-refractivity contribution in [2.75, 3.05) is 31.1 Å². The highest BCUT2D eigenvalue weighted by molar-refractivity contribution is 8.18. The van der Waals surface area contributed by atoms with E-state index in [0.29, 0.717) is 21.4 Å². The molecule has 0 atom stereocenters. The number of thioether (sulfide) groups is 1. The van der Waals surface area contributed by atoms with Gasteiger partial charge in [0.2, 0.25) is 0 Å². The minimum atomic E-state index is -0.636. The molecule has 0 N–H and O–H groups in total. The zero-order valence-electron chi connectivity index (χ0n) is 19.7. The third kappa shape index (κ3) is 6.72. The summed E-state index contributed by atoms with van der Waals surface area (Å²) in [5.41, 5.74) is 2.33. The van der Waals surface area contributed by atoms with Crippen LogP contribution in [0.3, 0.4) is 0 Å². The van der Waals surface area contributed by atoms with Crippen molar-refractivity contribution >= 4 is 63.8 Å². The first-order valence-corrected chi connectivity index (χ1v) is 12.7. The van der Waals surface area contributed by atoms with E-state index in [1.54, 1.807) is 31.2 Å². The van der Waals surface area contributed by atoms with Gasteiger partial charge >= 0.3 is 5.97 Å². The highest BCUT2D eigenvalue weighted by Gasteiger charge is 2.36. The summed E-state index contributed by atoms with van der Waals surface area (Å²) in [4.78, 5) is 40.2. The molecule has 2 aromatic carbocycles. The van der Waals surface area contributed by atoms with E-state index in [2.05, 4.69) is 18.7 Å². The van der Waals surface area contributed by atoms with Gasteiger partial charge in [-0.3, -0.25) is 19.3 Å². The molecule has 0 saturated carbocycles. The molecule has 0 radical (unpaired) electrons. The molecule has 3 rings (SSSR count). The number of nitrogens with zero attached hydrogens (tertiary/aromatic N) is 2. The molecule has 1 fully saturated rings. The molecule has 1 heterocycles. The Balaban J connectivity index is 1.91. The van der Waals surface area contributed by atoms with Gasteiger partial charge in [0.05, 0.1) is 11.5 Å². The Bertz CT molecular complexity index is 1150. The molecule has 10 heteroatoms. The van der Waals surface area contributed by atoms with Crippen molar-refractivity contribution in [3.8, 4) is 5.75 Å². The molecule has 1 aliphatic heterocycles. The number of carbonyl (C=O) groups is 3. The van der Waals surface area contributed by atoms with Gasteiger partial charge in [0.25, 0.3) is 11.1 Å². The zero-order chi connectivity index (χ0) is 25.5. The number of amides is 2. The Morgan fingerprint density at radius 2 is 1.83 bits per heavy atom. The van der Waals surface area contributed by atoms with Gasteiger partial charge in [-0.1, -0.05) is 29.3 Å². The first-order chi connectivity index (χ1) is 16.8. The largest absolute Gasteiger partial charge is 0.488 e. The van der Waals surface area contributed by atoms with Gasteiger partial charge < -0.3 is 14.4 Å². The van der Waals surface area contributed by atoms with Crippen molar-refractivity contribution in [1.82, 2.24) is 4.90 Å². The molecule has 0 aromatic heterocycles. The highest BCUT2D eigenvalue weighted by Crippen LogP contribution is 2.36. The predicted octanol–water partition coefficient (Wildman–Crippen LogP) is 6.02. The number of rotatable bonds is 10. The second-order valence-electron chi connectivity index (χ2n) is 7.49. The molecular formula is C25H26Cl2N2O5S. The lowest BCUT2D eigenvalue weighted by molar-refractivity contribution is -0.145. The van der Waals surface area contributed by atoms with Crippen molar-refractivity contribution in [1.29, 1.82) is 0 Å². The van der Waals surface area contributed by atoms with E-state index in [1.807, 2.05) is 18.2 Å². The lowest BCUT2D eigenvalue weighted by Gasteiger charge is -2.22. The molecule has 1 saturated heterocycles. The molecule has 2 amide bonds. The van der Waals surface area contributed by atoms with Crippen LogP contribution in [0, 0.1) is 0 Å². The molecule has 7 nitrogen and oxygen atoms in total. The maximum absolute atomic E-state index is 12.8. The maximum atomic E-state index is 12.8. The minimum absolute atomic E-state index is 0.169. The lowest BCUT2D eigenvalue weighted by atomic mass is 10.1. The van der Waals surface area contributed by atoms with Gasteiger partial charge in [0, 0.05) is 46.0 Å². The Hall–Kier alpha value is -2.68. The molecule has 0 aliphatic carbocycles. The summed E-state index contributed by atoms with van der Waals surface area (Å²) < 4.78 is 11.0. The molecule has 0 unspecified atom stereocenters. The van der Waals surface area contributed by atoms with E-state index in [-0.39, 0.29) is 18.1 Å². The Kier molecular flexibility index (Phi) is 9.48. The molecule has 0 bridgehead atoms. The summed E-state index contributed by atoms with van der Waals surface area (Å²) in [5.74, 6) is -0.659. The van der Waals surface area contributed by atoms with Crippen molar-refractivity contribution in [3.63, 3.8) is 0 Å². The second kappa shape index (κ2) is 12.3. The van der Waals surface area contributed by atoms with Gasteiger partial charge in [-0.25, -0.2) is 0 Å². The van der Waals surface area contributed by atoms with E-state index in [9.17, 15) is 14.4 Å². The van der Waals surface area contributed by atoms with Crippen LogP contribution in [0.2, 0.25) is 10.0 Å². The molecular weight excluding hydrogens is 511 g/mol. The van der Waals surface area contributed by atoms with E-state index >= 15 is 0 Å².